The average Bonchev–Trinajstić information content (AvgIpc) is 3.12. The highest BCUT2D eigenvalue weighted by atomic mass is 35.5. The third kappa shape index (κ3) is 4.17. The van der Waals surface area contributed by atoms with Crippen LogP contribution in [0.25, 0.3) is 0 Å². The van der Waals surface area contributed by atoms with Gasteiger partial charge in [-0.1, -0.05) is 17.7 Å². The van der Waals surface area contributed by atoms with Gasteiger partial charge in [0.2, 0.25) is 0 Å². The summed E-state index contributed by atoms with van der Waals surface area (Å²) in [4.78, 5) is 13.0. The Bertz CT molecular complexity index is 663. The number of aliphatic imine (C=N–C) groups is 1. The molecular formula is C16H22ClN7. The number of aromatic nitrogens is 3. The van der Waals surface area contributed by atoms with Gasteiger partial charge in [0.1, 0.15) is 12.7 Å². The van der Waals surface area contributed by atoms with Crippen molar-refractivity contribution in [1.82, 2.24) is 25.0 Å². The van der Waals surface area contributed by atoms with Crippen LogP contribution >= 0.6 is 11.6 Å². The van der Waals surface area contributed by atoms with Gasteiger partial charge in [-0.2, -0.15) is 5.10 Å². The number of benzene rings is 1. The summed E-state index contributed by atoms with van der Waals surface area (Å²) in [5, 5.41) is 8.26. The molecule has 0 amide bonds. The van der Waals surface area contributed by atoms with E-state index in [0.29, 0.717) is 0 Å². The van der Waals surface area contributed by atoms with Gasteiger partial charge >= 0.3 is 0 Å². The zero-order chi connectivity index (χ0) is 16.8. The van der Waals surface area contributed by atoms with Crippen LogP contribution in [0.2, 0.25) is 5.02 Å². The monoisotopic (exact) mass is 347 g/mol. The van der Waals surface area contributed by atoms with Crippen LogP contribution in [0.4, 0.5) is 5.69 Å². The summed E-state index contributed by atoms with van der Waals surface area (Å²) < 4.78 is 1.80. The molecule has 1 saturated heterocycles. The molecule has 0 saturated carbocycles. The van der Waals surface area contributed by atoms with Crippen LogP contribution in [-0.4, -0.2) is 65.4 Å². The van der Waals surface area contributed by atoms with Crippen LogP contribution < -0.4 is 10.2 Å². The van der Waals surface area contributed by atoms with Gasteiger partial charge in [-0.15, -0.1) is 0 Å². The molecule has 0 radical (unpaired) electrons. The highest BCUT2D eigenvalue weighted by Crippen LogP contribution is 2.20. The van der Waals surface area contributed by atoms with Crippen molar-refractivity contribution >= 4 is 23.2 Å². The number of anilines is 1. The van der Waals surface area contributed by atoms with Gasteiger partial charge in [0.25, 0.3) is 0 Å². The van der Waals surface area contributed by atoms with Crippen LogP contribution in [0.1, 0.15) is 0 Å². The molecule has 0 bridgehead atoms. The van der Waals surface area contributed by atoms with E-state index in [1.54, 1.807) is 17.3 Å². The molecule has 1 aliphatic rings. The molecule has 8 heteroatoms. The molecule has 0 aliphatic carbocycles. The smallest absolute Gasteiger partial charge is 0.193 e. The third-order valence-corrected chi connectivity index (χ3v) is 4.29. The maximum Gasteiger partial charge on any atom is 0.193 e. The first-order valence-electron chi connectivity index (χ1n) is 8.05. The van der Waals surface area contributed by atoms with Gasteiger partial charge in [0.05, 0.1) is 6.54 Å². The summed E-state index contributed by atoms with van der Waals surface area (Å²) in [5.74, 6) is 0.931. The standard InChI is InChI=1S/C16H22ClN7/c1-18-16(20-5-6-24-13-19-12-21-24)23-9-7-22(8-10-23)15-4-2-3-14(17)11-15/h2-4,11-13H,5-10H2,1H3,(H,18,20). The van der Waals surface area contributed by atoms with Gasteiger partial charge in [-0.25, -0.2) is 4.98 Å². The number of guanidine groups is 1. The maximum atomic E-state index is 6.09. The summed E-state index contributed by atoms with van der Waals surface area (Å²) in [6.45, 7) is 5.28. The highest BCUT2D eigenvalue weighted by molar-refractivity contribution is 6.30. The van der Waals surface area contributed by atoms with Crippen molar-refractivity contribution < 1.29 is 0 Å². The lowest BCUT2D eigenvalue weighted by molar-refractivity contribution is 0.371. The first-order valence-corrected chi connectivity index (χ1v) is 8.42. The van der Waals surface area contributed by atoms with Crippen molar-refractivity contribution in [2.45, 2.75) is 6.54 Å². The molecule has 1 aliphatic heterocycles. The van der Waals surface area contributed by atoms with E-state index in [1.165, 1.54) is 5.69 Å². The van der Waals surface area contributed by atoms with Gasteiger partial charge in [-0.05, 0) is 18.2 Å². The van der Waals surface area contributed by atoms with Crippen molar-refractivity contribution in [1.29, 1.82) is 0 Å². The van der Waals surface area contributed by atoms with E-state index in [9.17, 15) is 0 Å². The predicted molar refractivity (Wildman–Crippen MR) is 96.6 cm³/mol. The van der Waals surface area contributed by atoms with Gasteiger partial charge in [0.15, 0.2) is 5.96 Å². The topological polar surface area (TPSA) is 61.6 Å². The Morgan fingerprint density at radius 1 is 1.29 bits per heavy atom. The summed E-state index contributed by atoms with van der Waals surface area (Å²) in [6, 6.07) is 8.02. The van der Waals surface area contributed by atoms with Crippen molar-refractivity contribution in [3.8, 4) is 0 Å². The van der Waals surface area contributed by atoms with Crippen LogP contribution in [0.15, 0.2) is 41.9 Å². The lowest BCUT2D eigenvalue weighted by Gasteiger charge is -2.37. The van der Waals surface area contributed by atoms with Crippen molar-refractivity contribution in [3.63, 3.8) is 0 Å². The second kappa shape index (κ2) is 8.01. The molecule has 0 unspecified atom stereocenters. The molecule has 24 heavy (non-hydrogen) atoms. The van der Waals surface area contributed by atoms with Gasteiger partial charge in [0, 0.05) is 50.5 Å². The van der Waals surface area contributed by atoms with Crippen molar-refractivity contribution in [3.05, 3.63) is 41.9 Å². The van der Waals surface area contributed by atoms with Crippen LogP contribution in [0, 0.1) is 0 Å². The lowest BCUT2D eigenvalue weighted by atomic mass is 10.2. The molecule has 0 atom stereocenters. The molecule has 2 aromatic rings. The quantitative estimate of drug-likeness (QED) is 0.668. The molecule has 1 aromatic carbocycles. The Hall–Kier alpha value is -2.28. The highest BCUT2D eigenvalue weighted by Gasteiger charge is 2.19. The van der Waals surface area contributed by atoms with E-state index < -0.39 is 0 Å². The Morgan fingerprint density at radius 3 is 2.79 bits per heavy atom. The molecule has 3 rings (SSSR count). The fraction of sp³-hybridized carbons (Fsp3) is 0.438. The first-order chi connectivity index (χ1) is 11.8. The Morgan fingerprint density at radius 2 is 2.12 bits per heavy atom. The minimum Gasteiger partial charge on any atom is -0.368 e. The SMILES string of the molecule is CN=C(NCCn1cncn1)N1CCN(c2cccc(Cl)c2)CC1. The Balaban J connectivity index is 1.49. The number of piperazine rings is 1. The van der Waals surface area contributed by atoms with Gasteiger partial charge in [-0.3, -0.25) is 9.67 Å². The summed E-state index contributed by atoms with van der Waals surface area (Å²) >= 11 is 6.09. The van der Waals surface area contributed by atoms with Crippen LogP contribution in [0.5, 0.6) is 0 Å². The molecule has 1 N–H and O–H groups in total. The minimum atomic E-state index is 0.765. The number of rotatable bonds is 4. The zero-order valence-electron chi connectivity index (χ0n) is 13.8. The van der Waals surface area contributed by atoms with E-state index in [1.807, 2.05) is 25.2 Å². The number of hydrogen-bond donors (Lipinski definition) is 1. The fourth-order valence-electron chi connectivity index (χ4n) is 2.81. The number of nitrogens with one attached hydrogen (secondary N) is 1. The predicted octanol–water partition coefficient (Wildman–Crippen LogP) is 1.33. The van der Waals surface area contributed by atoms with Crippen molar-refractivity contribution in [2.75, 3.05) is 44.7 Å². The molecule has 0 spiro atoms. The van der Waals surface area contributed by atoms with E-state index in [2.05, 4.69) is 36.3 Å². The molecule has 1 aromatic heterocycles. The average molecular weight is 348 g/mol. The largest absolute Gasteiger partial charge is 0.368 e. The Labute approximate surface area is 146 Å². The number of hydrogen-bond acceptors (Lipinski definition) is 4. The fourth-order valence-corrected chi connectivity index (χ4v) is 3.00. The molecular weight excluding hydrogens is 326 g/mol. The van der Waals surface area contributed by atoms with E-state index in [4.69, 9.17) is 11.6 Å². The molecule has 7 nitrogen and oxygen atoms in total. The number of nitrogens with zero attached hydrogens (tertiary/aromatic N) is 6. The first kappa shape index (κ1) is 16.6. The zero-order valence-corrected chi connectivity index (χ0v) is 14.5. The minimum absolute atomic E-state index is 0.765. The molecule has 128 valence electrons. The summed E-state index contributed by atoms with van der Waals surface area (Å²) in [6.07, 6.45) is 3.26. The summed E-state index contributed by atoms with van der Waals surface area (Å²) in [5.41, 5.74) is 1.18. The van der Waals surface area contributed by atoms with Crippen LogP contribution in [0.3, 0.4) is 0 Å². The van der Waals surface area contributed by atoms with Gasteiger partial charge < -0.3 is 15.1 Å². The molecule has 2 heterocycles. The Kier molecular flexibility index (Phi) is 5.53. The van der Waals surface area contributed by atoms with Crippen LogP contribution in [-0.2, 0) is 6.54 Å². The van der Waals surface area contributed by atoms with E-state index in [-0.39, 0.29) is 0 Å². The summed E-state index contributed by atoms with van der Waals surface area (Å²) in [7, 11) is 1.82. The second-order valence-corrected chi connectivity index (χ2v) is 6.02. The third-order valence-electron chi connectivity index (χ3n) is 4.05. The maximum absolute atomic E-state index is 6.09. The molecule has 1 fully saturated rings. The number of halogens is 1. The van der Waals surface area contributed by atoms with Crippen molar-refractivity contribution in [2.24, 2.45) is 4.99 Å². The van der Waals surface area contributed by atoms with E-state index >= 15 is 0 Å². The normalized spacial score (nSPS) is 15.7. The second-order valence-electron chi connectivity index (χ2n) is 5.59. The van der Waals surface area contributed by atoms with E-state index in [0.717, 1.165) is 50.3 Å². The lowest BCUT2D eigenvalue weighted by Crippen LogP contribution is -2.52.